The second-order valence-corrected chi connectivity index (χ2v) is 4.31. The summed E-state index contributed by atoms with van der Waals surface area (Å²) in [6.07, 6.45) is 6.08. The van der Waals surface area contributed by atoms with Crippen molar-refractivity contribution >= 4 is 17.5 Å². The van der Waals surface area contributed by atoms with E-state index < -0.39 is 0 Å². The van der Waals surface area contributed by atoms with Crippen molar-refractivity contribution in [2.45, 2.75) is 25.4 Å². The SMILES string of the molecule is O=C(NCC1CCCCO1)c1cnc(Cl)cn1. The van der Waals surface area contributed by atoms with Gasteiger partial charge in [-0.15, -0.1) is 0 Å². The fraction of sp³-hybridized carbons (Fsp3) is 0.545. The second-order valence-electron chi connectivity index (χ2n) is 3.92. The Morgan fingerprint density at radius 2 is 2.35 bits per heavy atom. The lowest BCUT2D eigenvalue weighted by atomic mass is 10.1. The van der Waals surface area contributed by atoms with Crippen LogP contribution in [0.4, 0.5) is 0 Å². The average Bonchev–Trinajstić information content (AvgIpc) is 2.38. The first kappa shape index (κ1) is 12.3. The molecule has 92 valence electrons. The Kier molecular flexibility index (Phi) is 4.28. The molecule has 1 unspecified atom stereocenters. The van der Waals surface area contributed by atoms with Gasteiger partial charge in [0.2, 0.25) is 0 Å². The summed E-state index contributed by atoms with van der Waals surface area (Å²) in [5.74, 6) is -0.247. The van der Waals surface area contributed by atoms with Gasteiger partial charge in [-0.3, -0.25) is 4.79 Å². The van der Waals surface area contributed by atoms with E-state index >= 15 is 0 Å². The van der Waals surface area contributed by atoms with Crippen LogP contribution >= 0.6 is 11.6 Å². The topological polar surface area (TPSA) is 64.1 Å². The highest BCUT2D eigenvalue weighted by Gasteiger charge is 2.15. The Morgan fingerprint density at radius 3 is 3.00 bits per heavy atom. The third-order valence-electron chi connectivity index (χ3n) is 2.62. The summed E-state index contributed by atoms with van der Waals surface area (Å²) < 4.78 is 5.51. The number of nitrogens with one attached hydrogen (secondary N) is 1. The van der Waals surface area contributed by atoms with Crippen molar-refractivity contribution in [3.8, 4) is 0 Å². The molecule has 0 radical (unpaired) electrons. The van der Waals surface area contributed by atoms with E-state index in [0.29, 0.717) is 6.54 Å². The minimum atomic E-state index is -0.247. The molecule has 0 saturated carbocycles. The first-order chi connectivity index (χ1) is 8.25. The number of ether oxygens (including phenoxy) is 1. The lowest BCUT2D eigenvalue weighted by Crippen LogP contribution is -2.35. The smallest absolute Gasteiger partial charge is 0.271 e. The van der Waals surface area contributed by atoms with Crippen molar-refractivity contribution in [1.29, 1.82) is 0 Å². The number of rotatable bonds is 3. The van der Waals surface area contributed by atoms with Crippen molar-refractivity contribution in [2.75, 3.05) is 13.2 Å². The fourth-order valence-electron chi connectivity index (χ4n) is 1.70. The summed E-state index contributed by atoms with van der Waals surface area (Å²) in [4.78, 5) is 19.4. The highest BCUT2D eigenvalue weighted by atomic mass is 35.5. The molecule has 2 rings (SSSR count). The molecule has 0 aromatic carbocycles. The molecule has 1 N–H and O–H groups in total. The van der Waals surface area contributed by atoms with E-state index in [4.69, 9.17) is 16.3 Å². The Bertz CT molecular complexity index is 377. The Labute approximate surface area is 105 Å². The number of aromatic nitrogens is 2. The van der Waals surface area contributed by atoms with Crippen LogP contribution in [0, 0.1) is 0 Å². The average molecular weight is 256 g/mol. The molecular formula is C11H14ClN3O2. The first-order valence-corrected chi connectivity index (χ1v) is 6.01. The van der Waals surface area contributed by atoms with E-state index in [2.05, 4.69) is 15.3 Å². The van der Waals surface area contributed by atoms with Gasteiger partial charge in [0.15, 0.2) is 0 Å². The predicted molar refractivity (Wildman–Crippen MR) is 63.0 cm³/mol. The zero-order chi connectivity index (χ0) is 12.1. The van der Waals surface area contributed by atoms with Gasteiger partial charge in [-0.2, -0.15) is 0 Å². The van der Waals surface area contributed by atoms with Gasteiger partial charge >= 0.3 is 0 Å². The fourth-order valence-corrected chi connectivity index (χ4v) is 1.79. The number of hydrogen-bond donors (Lipinski definition) is 1. The van der Waals surface area contributed by atoms with E-state index in [9.17, 15) is 4.79 Å². The van der Waals surface area contributed by atoms with Gasteiger partial charge in [0.05, 0.1) is 18.5 Å². The molecule has 0 spiro atoms. The summed E-state index contributed by atoms with van der Waals surface area (Å²) in [6.45, 7) is 1.30. The van der Waals surface area contributed by atoms with Crippen molar-refractivity contribution in [3.63, 3.8) is 0 Å². The van der Waals surface area contributed by atoms with E-state index in [-0.39, 0.29) is 22.9 Å². The molecule has 1 saturated heterocycles. The van der Waals surface area contributed by atoms with Gasteiger partial charge in [0.1, 0.15) is 10.8 Å². The molecule has 1 aromatic rings. The lowest BCUT2D eigenvalue weighted by Gasteiger charge is -2.22. The summed E-state index contributed by atoms with van der Waals surface area (Å²) >= 11 is 5.59. The van der Waals surface area contributed by atoms with Gasteiger partial charge in [0.25, 0.3) is 5.91 Å². The van der Waals surface area contributed by atoms with Crippen LogP contribution in [0.2, 0.25) is 5.15 Å². The van der Waals surface area contributed by atoms with E-state index in [0.717, 1.165) is 25.9 Å². The van der Waals surface area contributed by atoms with Gasteiger partial charge in [-0.1, -0.05) is 11.6 Å². The Hall–Kier alpha value is -1.20. The monoisotopic (exact) mass is 255 g/mol. The van der Waals surface area contributed by atoms with Crippen LogP contribution in [0.5, 0.6) is 0 Å². The molecule has 1 aliphatic heterocycles. The van der Waals surface area contributed by atoms with Crippen LogP contribution in [-0.4, -0.2) is 35.1 Å². The normalized spacial score (nSPS) is 19.9. The van der Waals surface area contributed by atoms with Crippen LogP contribution in [0.3, 0.4) is 0 Å². The molecule has 17 heavy (non-hydrogen) atoms. The highest BCUT2D eigenvalue weighted by molar-refractivity contribution is 6.29. The van der Waals surface area contributed by atoms with Gasteiger partial charge in [-0.25, -0.2) is 9.97 Å². The molecule has 1 fully saturated rings. The number of carbonyl (C=O) groups is 1. The Balaban J connectivity index is 1.82. The molecule has 5 nitrogen and oxygen atoms in total. The maximum absolute atomic E-state index is 11.7. The molecule has 0 bridgehead atoms. The van der Waals surface area contributed by atoms with Gasteiger partial charge in [0, 0.05) is 13.2 Å². The third-order valence-corrected chi connectivity index (χ3v) is 2.81. The second kappa shape index (κ2) is 5.93. The molecule has 2 heterocycles. The zero-order valence-electron chi connectivity index (χ0n) is 9.36. The van der Waals surface area contributed by atoms with Crippen LogP contribution in [0.1, 0.15) is 29.8 Å². The van der Waals surface area contributed by atoms with Crippen molar-refractivity contribution in [1.82, 2.24) is 15.3 Å². The number of amides is 1. The van der Waals surface area contributed by atoms with E-state index in [1.54, 1.807) is 0 Å². The van der Waals surface area contributed by atoms with E-state index in [1.807, 2.05) is 0 Å². The molecule has 1 aromatic heterocycles. The Morgan fingerprint density at radius 1 is 1.47 bits per heavy atom. The summed E-state index contributed by atoms with van der Waals surface area (Å²) in [5.41, 5.74) is 0.269. The quantitative estimate of drug-likeness (QED) is 0.888. The highest BCUT2D eigenvalue weighted by Crippen LogP contribution is 2.11. The van der Waals surface area contributed by atoms with Crippen LogP contribution in [-0.2, 0) is 4.74 Å². The van der Waals surface area contributed by atoms with Crippen molar-refractivity contribution in [2.24, 2.45) is 0 Å². The minimum Gasteiger partial charge on any atom is -0.376 e. The zero-order valence-corrected chi connectivity index (χ0v) is 10.1. The molecule has 0 aliphatic carbocycles. The largest absolute Gasteiger partial charge is 0.376 e. The maximum atomic E-state index is 11.7. The van der Waals surface area contributed by atoms with E-state index in [1.165, 1.54) is 12.4 Å². The van der Waals surface area contributed by atoms with Crippen LogP contribution < -0.4 is 5.32 Å². The molecule has 1 atom stereocenters. The van der Waals surface area contributed by atoms with Gasteiger partial charge < -0.3 is 10.1 Å². The number of nitrogens with zero attached hydrogens (tertiary/aromatic N) is 2. The lowest BCUT2D eigenvalue weighted by molar-refractivity contribution is 0.0168. The number of hydrogen-bond acceptors (Lipinski definition) is 4. The minimum absolute atomic E-state index is 0.118. The summed E-state index contributed by atoms with van der Waals surface area (Å²) in [6, 6.07) is 0. The molecular weight excluding hydrogens is 242 g/mol. The first-order valence-electron chi connectivity index (χ1n) is 5.63. The number of halogens is 1. The molecule has 1 amide bonds. The third kappa shape index (κ3) is 3.64. The molecule has 6 heteroatoms. The van der Waals surface area contributed by atoms with Crippen LogP contribution in [0.15, 0.2) is 12.4 Å². The summed E-state index contributed by atoms with van der Waals surface area (Å²) in [5, 5.41) is 3.05. The standard InChI is InChI=1S/C11H14ClN3O2/c12-10-7-13-9(6-14-10)11(16)15-5-8-3-1-2-4-17-8/h6-8H,1-5H2,(H,15,16). The van der Waals surface area contributed by atoms with Gasteiger partial charge in [-0.05, 0) is 19.3 Å². The maximum Gasteiger partial charge on any atom is 0.271 e. The summed E-state index contributed by atoms with van der Waals surface area (Å²) in [7, 11) is 0. The van der Waals surface area contributed by atoms with Crippen LogP contribution in [0.25, 0.3) is 0 Å². The van der Waals surface area contributed by atoms with Crippen molar-refractivity contribution in [3.05, 3.63) is 23.2 Å². The number of carbonyl (C=O) groups excluding carboxylic acids is 1. The molecule has 1 aliphatic rings. The predicted octanol–water partition coefficient (Wildman–Crippen LogP) is 1.43. The van der Waals surface area contributed by atoms with Crippen molar-refractivity contribution < 1.29 is 9.53 Å².